The number of benzene rings is 2. The van der Waals surface area contributed by atoms with Crippen LogP contribution in [0.25, 0.3) is 0 Å². The highest BCUT2D eigenvalue weighted by Crippen LogP contribution is 2.25. The number of hydrogen-bond donors (Lipinski definition) is 1. The van der Waals surface area contributed by atoms with E-state index in [1.165, 1.54) is 12.1 Å². The Morgan fingerprint density at radius 2 is 1.92 bits per heavy atom. The Morgan fingerprint density at radius 3 is 2.62 bits per heavy atom. The molecule has 0 saturated carbocycles. The zero-order chi connectivity index (χ0) is 17.5. The van der Waals surface area contributed by atoms with E-state index < -0.39 is 5.97 Å². The third kappa shape index (κ3) is 5.15. The molecule has 2 aromatic rings. The van der Waals surface area contributed by atoms with E-state index in [0.717, 1.165) is 0 Å². The summed E-state index contributed by atoms with van der Waals surface area (Å²) in [4.78, 5) is 23.6. The molecule has 0 heterocycles. The van der Waals surface area contributed by atoms with E-state index >= 15 is 0 Å². The third-order valence-corrected chi connectivity index (χ3v) is 3.47. The minimum absolute atomic E-state index is 0.231. The first-order valence-corrected chi connectivity index (χ1v) is 7.90. The average Bonchev–Trinajstić information content (AvgIpc) is 2.56. The highest BCUT2D eigenvalue weighted by molar-refractivity contribution is 6.36. The molecule has 0 saturated heterocycles. The molecule has 2 aromatic carbocycles. The zero-order valence-electron chi connectivity index (χ0n) is 12.8. The Labute approximate surface area is 149 Å². The van der Waals surface area contributed by atoms with Gasteiger partial charge in [-0.25, -0.2) is 4.79 Å². The number of halogens is 2. The van der Waals surface area contributed by atoms with Gasteiger partial charge in [0.25, 0.3) is 5.91 Å². The van der Waals surface area contributed by atoms with Crippen LogP contribution in [0.2, 0.25) is 10.0 Å². The van der Waals surface area contributed by atoms with Crippen molar-refractivity contribution < 1.29 is 19.1 Å². The summed E-state index contributed by atoms with van der Waals surface area (Å²) in [5.74, 6) is -0.445. The van der Waals surface area contributed by atoms with Crippen LogP contribution in [0.5, 0.6) is 5.75 Å². The summed E-state index contributed by atoms with van der Waals surface area (Å²) in [7, 11) is 0. The first-order chi connectivity index (χ1) is 11.5. The van der Waals surface area contributed by atoms with Crippen LogP contribution in [-0.4, -0.2) is 25.1 Å². The van der Waals surface area contributed by atoms with Crippen molar-refractivity contribution in [3.8, 4) is 5.75 Å². The summed E-state index contributed by atoms with van der Waals surface area (Å²) < 4.78 is 10.3. The van der Waals surface area contributed by atoms with E-state index in [4.69, 9.17) is 32.7 Å². The number of hydrogen-bond acceptors (Lipinski definition) is 4. The minimum Gasteiger partial charge on any atom is -0.484 e. The molecule has 1 N–H and O–H groups in total. The first-order valence-electron chi connectivity index (χ1n) is 7.14. The molecular formula is C17H15Cl2NO4. The predicted molar refractivity (Wildman–Crippen MR) is 93.0 cm³/mol. The topological polar surface area (TPSA) is 64.6 Å². The Kier molecular flexibility index (Phi) is 6.46. The summed E-state index contributed by atoms with van der Waals surface area (Å²) in [6, 6.07) is 11.2. The smallest absolute Gasteiger partial charge is 0.338 e. The molecular weight excluding hydrogens is 353 g/mol. The van der Waals surface area contributed by atoms with Crippen LogP contribution in [0.4, 0.5) is 5.69 Å². The maximum atomic E-state index is 11.9. The van der Waals surface area contributed by atoms with Crippen molar-refractivity contribution in [3.63, 3.8) is 0 Å². The molecule has 0 unspecified atom stereocenters. The molecule has 0 aliphatic carbocycles. The summed E-state index contributed by atoms with van der Waals surface area (Å²) in [6.07, 6.45) is 0. The van der Waals surface area contributed by atoms with Crippen LogP contribution in [0.15, 0.2) is 42.5 Å². The fraction of sp³-hybridized carbons (Fsp3) is 0.176. The number of carbonyl (C=O) groups excluding carboxylic acids is 2. The van der Waals surface area contributed by atoms with Gasteiger partial charge in [-0.2, -0.15) is 0 Å². The van der Waals surface area contributed by atoms with Crippen LogP contribution in [0.1, 0.15) is 17.3 Å². The fourth-order valence-corrected chi connectivity index (χ4v) is 2.31. The van der Waals surface area contributed by atoms with E-state index in [9.17, 15) is 9.59 Å². The second-order valence-electron chi connectivity index (χ2n) is 4.71. The summed E-state index contributed by atoms with van der Waals surface area (Å²) in [5.41, 5.74) is 0.797. The van der Waals surface area contributed by atoms with E-state index in [2.05, 4.69) is 5.32 Å². The largest absolute Gasteiger partial charge is 0.484 e. The molecule has 126 valence electrons. The summed E-state index contributed by atoms with van der Waals surface area (Å²) in [6.45, 7) is 1.78. The molecule has 0 radical (unpaired) electrons. The number of ether oxygens (including phenoxy) is 2. The fourth-order valence-electron chi connectivity index (χ4n) is 1.85. The van der Waals surface area contributed by atoms with Gasteiger partial charge >= 0.3 is 5.97 Å². The van der Waals surface area contributed by atoms with E-state index in [1.807, 2.05) is 0 Å². The molecule has 0 spiro atoms. The van der Waals surface area contributed by atoms with Crippen molar-refractivity contribution in [2.75, 3.05) is 18.5 Å². The van der Waals surface area contributed by atoms with Gasteiger partial charge in [0.2, 0.25) is 0 Å². The zero-order valence-corrected chi connectivity index (χ0v) is 14.4. The number of anilines is 1. The van der Waals surface area contributed by atoms with Crippen LogP contribution >= 0.6 is 23.2 Å². The van der Waals surface area contributed by atoms with Crippen LogP contribution in [0, 0.1) is 0 Å². The molecule has 0 aliphatic heterocycles. The van der Waals surface area contributed by atoms with Gasteiger partial charge in [-0.15, -0.1) is 0 Å². The maximum absolute atomic E-state index is 11.9. The van der Waals surface area contributed by atoms with Gasteiger partial charge < -0.3 is 14.8 Å². The molecule has 0 aliphatic rings. The van der Waals surface area contributed by atoms with Gasteiger partial charge in [-0.3, -0.25) is 4.79 Å². The molecule has 0 atom stereocenters. The number of amides is 1. The normalized spacial score (nSPS) is 10.1. The van der Waals surface area contributed by atoms with Crippen molar-refractivity contribution in [3.05, 3.63) is 58.1 Å². The predicted octanol–water partition coefficient (Wildman–Crippen LogP) is 4.19. The molecule has 5 nitrogen and oxygen atoms in total. The van der Waals surface area contributed by atoms with Gasteiger partial charge in [0.05, 0.1) is 22.9 Å². The molecule has 7 heteroatoms. The quantitative estimate of drug-likeness (QED) is 0.777. The lowest BCUT2D eigenvalue weighted by molar-refractivity contribution is -0.118. The molecule has 0 bridgehead atoms. The molecule has 24 heavy (non-hydrogen) atoms. The van der Waals surface area contributed by atoms with Crippen molar-refractivity contribution in [2.45, 2.75) is 6.92 Å². The SMILES string of the molecule is CCOC(=O)c1cccc(OCC(=O)Nc2ccc(Cl)cc2Cl)c1. The second-order valence-corrected chi connectivity index (χ2v) is 5.55. The number of esters is 1. The lowest BCUT2D eigenvalue weighted by atomic mass is 10.2. The van der Waals surface area contributed by atoms with E-state index in [0.29, 0.717) is 27.0 Å². The molecule has 1 amide bonds. The van der Waals surface area contributed by atoms with E-state index in [1.54, 1.807) is 37.3 Å². The Morgan fingerprint density at radius 1 is 1.12 bits per heavy atom. The van der Waals surface area contributed by atoms with Crippen molar-refractivity contribution >= 4 is 40.8 Å². The highest BCUT2D eigenvalue weighted by Gasteiger charge is 2.10. The Balaban J connectivity index is 1.94. The monoisotopic (exact) mass is 367 g/mol. The lowest BCUT2D eigenvalue weighted by Crippen LogP contribution is -2.20. The number of carbonyl (C=O) groups is 2. The van der Waals surface area contributed by atoms with E-state index in [-0.39, 0.29) is 19.1 Å². The van der Waals surface area contributed by atoms with Crippen molar-refractivity contribution in [1.29, 1.82) is 0 Å². The third-order valence-electron chi connectivity index (χ3n) is 2.92. The van der Waals surface area contributed by atoms with Crippen LogP contribution in [-0.2, 0) is 9.53 Å². The summed E-state index contributed by atoms with van der Waals surface area (Å²) in [5, 5.41) is 3.43. The number of rotatable bonds is 6. The highest BCUT2D eigenvalue weighted by atomic mass is 35.5. The van der Waals surface area contributed by atoms with Crippen LogP contribution in [0.3, 0.4) is 0 Å². The lowest BCUT2D eigenvalue weighted by Gasteiger charge is -2.10. The maximum Gasteiger partial charge on any atom is 0.338 e. The molecule has 2 rings (SSSR count). The minimum atomic E-state index is -0.444. The van der Waals surface area contributed by atoms with Gasteiger partial charge in [0.15, 0.2) is 6.61 Å². The van der Waals surface area contributed by atoms with Crippen molar-refractivity contribution in [1.82, 2.24) is 0 Å². The van der Waals surface area contributed by atoms with Crippen LogP contribution < -0.4 is 10.1 Å². The Hall–Kier alpha value is -2.24. The summed E-state index contributed by atoms with van der Waals surface area (Å²) >= 11 is 11.8. The number of nitrogens with one attached hydrogen (secondary N) is 1. The second kappa shape index (κ2) is 8.57. The molecule has 0 aromatic heterocycles. The standard InChI is InChI=1S/C17H15Cl2NO4/c1-2-23-17(22)11-4-3-5-13(8-11)24-10-16(21)20-15-7-6-12(18)9-14(15)19/h3-9H,2,10H2,1H3,(H,20,21). The van der Waals surface area contributed by atoms with Gasteiger partial charge in [0, 0.05) is 5.02 Å². The molecule has 0 fully saturated rings. The first kappa shape index (κ1) is 18.1. The Bertz CT molecular complexity index is 749. The van der Waals surface area contributed by atoms with Gasteiger partial charge in [-0.1, -0.05) is 29.3 Å². The van der Waals surface area contributed by atoms with Crippen molar-refractivity contribution in [2.24, 2.45) is 0 Å². The van der Waals surface area contributed by atoms with Gasteiger partial charge in [-0.05, 0) is 43.3 Å². The average molecular weight is 368 g/mol. The van der Waals surface area contributed by atoms with Gasteiger partial charge in [0.1, 0.15) is 5.75 Å².